The van der Waals surface area contributed by atoms with Gasteiger partial charge in [-0.1, -0.05) is 35.1 Å². The molecule has 0 fully saturated rings. The van der Waals surface area contributed by atoms with Crippen molar-refractivity contribution in [3.63, 3.8) is 0 Å². The number of carbonyl (C=O) groups is 1. The highest BCUT2D eigenvalue weighted by molar-refractivity contribution is 7.19. The van der Waals surface area contributed by atoms with Crippen molar-refractivity contribution in [3.05, 3.63) is 80.1 Å². The molecule has 154 valence electrons. The molecule has 2 heterocycles. The molecule has 1 aliphatic rings. The van der Waals surface area contributed by atoms with Crippen LogP contribution in [0.25, 0.3) is 10.4 Å². The molecule has 3 aromatic rings. The number of ether oxygens (including phenoxy) is 1. The van der Waals surface area contributed by atoms with Gasteiger partial charge in [0.15, 0.2) is 6.23 Å². The molecule has 1 unspecified atom stereocenters. The van der Waals surface area contributed by atoms with Gasteiger partial charge in [0.25, 0.3) is 5.91 Å². The van der Waals surface area contributed by atoms with Crippen molar-refractivity contribution in [1.29, 1.82) is 0 Å². The first-order valence-corrected chi connectivity index (χ1v) is 9.89. The lowest BCUT2D eigenvalue weighted by Gasteiger charge is -2.21. The number of benzene rings is 2. The number of hydrogen-bond acceptors (Lipinski definition) is 6. The Morgan fingerprint density at radius 2 is 2.00 bits per heavy atom. The number of carbonyl (C=O) groups excluding carboxylic acids is 1. The van der Waals surface area contributed by atoms with Crippen LogP contribution in [-0.2, 0) is 6.54 Å². The molecule has 10 heteroatoms. The van der Waals surface area contributed by atoms with Crippen LogP contribution in [0.1, 0.15) is 27.7 Å². The fourth-order valence-electron chi connectivity index (χ4n) is 3.38. The Balaban J connectivity index is 1.79. The van der Waals surface area contributed by atoms with Crippen LogP contribution in [-0.4, -0.2) is 27.9 Å². The SMILES string of the molecule is COc1ccc(CN2C(=O)c3c(-c4cc(F)ccc4Cl)sc([N+](=O)[O-])c3C2O)cc1. The van der Waals surface area contributed by atoms with Gasteiger partial charge in [-0.2, -0.15) is 0 Å². The van der Waals surface area contributed by atoms with Crippen molar-refractivity contribution in [3.8, 4) is 16.2 Å². The third kappa shape index (κ3) is 3.30. The van der Waals surface area contributed by atoms with Crippen LogP contribution in [0.3, 0.4) is 0 Å². The topological polar surface area (TPSA) is 92.9 Å². The minimum Gasteiger partial charge on any atom is -0.497 e. The molecule has 1 atom stereocenters. The Kier molecular flexibility index (Phi) is 5.19. The summed E-state index contributed by atoms with van der Waals surface area (Å²) in [5.74, 6) is -0.558. The highest BCUT2D eigenvalue weighted by Gasteiger charge is 2.45. The number of methoxy groups -OCH3 is 1. The third-order valence-electron chi connectivity index (χ3n) is 4.80. The predicted molar refractivity (Wildman–Crippen MR) is 109 cm³/mol. The van der Waals surface area contributed by atoms with Crippen molar-refractivity contribution >= 4 is 33.8 Å². The molecular weight excluding hydrogens is 435 g/mol. The van der Waals surface area contributed by atoms with Gasteiger partial charge in [0.1, 0.15) is 17.1 Å². The largest absolute Gasteiger partial charge is 0.497 e. The third-order valence-corrected chi connectivity index (χ3v) is 6.32. The zero-order valence-electron chi connectivity index (χ0n) is 15.5. The number of amides is 1. The Bertz CT molecular complexity index is 1160. The van der Waals surface area contributed by atoms with Crippen molar-refractivity contribution in [2.24, 2.45) is 0 Å². The Morgan fingerprint density at radius 1 is 1.30 bits per heavy atom. The lowest BCUT2D eigenvalue weighted by molar-refractivity contribution is -0.381. The second-order valence-electron chi connectivity index (χ2n) is 6.56. The molecule has 4 rings (SSSR count). The lowest BCUT2D eigenvalue weighted by Crippen LogP contribution is -2.27. The van der Waals surface area contributed by atoms with Crippen LogP contribution in [0.4, 0.5) is 9.39 Å². The summed E-state index contributed by atoms with van der Waals surface area (Å²) in [5, 5.41) is 22.1. The van der Waals surface area contributed by atoms with Gasteiger partial charge in [0.05, 0.1) is 22.5 Å². The van der Waals surface area contributed by atoms with Gasteiger partial charge >= 0.3 is 5.00 Å². The predicted octanol–water partition coefficient (Wildman–Crippen LogP) is 4.77. The minimum absolute atomic E-state index is 0.0246. The van der Waals surface area contributed by atoms with Gasteiger partial charge in [-0.25, -0.2) is 4.39 Å². The van der Waals surface area contributed by atoms with E-state index in [2.05, 4.69) is 0 Å². The maximum Gasteiger partial charge on any atom is 0.333 e. The normalized spacial score (nSPS) is 15.4. The molecule has 1 aliphatic heterocycles. The van der Waals surface area contributed by atoms with E-state index >= 15 is 0 Å². The maximum absolute atomic E-state index is 13.8. The summed E-state index contributed by atoms with van der Waals surface area (Å²) in [4.78, 5) is 25.4. The second-order valence-corrected chi connectivity index (χ2v) is 7.97. The number of thiophene rings is 1. The van der Waals surface area contributed by atoms with Crippen LogP contribution in [0.15, 0.2) is 42.5 Å². The lowest BCUT2D eigenvalue weighted by atomic mass is 10.1. The summed E-state index contributed by atoms with van der Waals surface area (Å²) in [6.07, 6.45) is -1.51. The first kappa shape index (κ1) is 20.3. The fraction of sp³-hybridized carbons (Fsp3) is 0.150. The average Bonchev–Trinajstić information content (AvgIpc) is 3.23. The summed E-state index contributed by atoms with van der Waals surface area (Å²) >= 11 is 6.86. The van der Waals surface area contributed by atoms with Crippen LogP contribution >= 0.6 is 22.9 Å². The number of halogens is 2. The number of nitro groups is 1. The fourth-order valence-corrected chi connectivity index (χ4v) is 4.81. The molecule has 0 spiro atoms. The van der Waals surface area contributed by atoms with E-state index in [1.165, 1.54) is 13.2 Å². The molecule has 30 heavy (non-hydrogen) atoms. The van der Waals surface area contributed by atoms with E-state index in [4.69, 9.17) is 16.3 Å². The zero-order valence-corrected chi connectivity index (χ0v) is 17.0. The molecule has 1 N–H and O–H groups in total. The highest BCUT2D eigenvalue weighted by atomic mass is 35.5. The van der Waals surface area contributed by atoms with Crippen LogP contribution in [0.5, 0.6) is 5.75 Å². The standard InChI is InChI=1S/C20H14ClFN2O5S/c1-29-12-5-2-10(3-6-12)9-23-18(25)15-16(19(23)26)20(24(27)28)30-17(15)13-8-11(22)4-7-14(13)21/h2-8,19,26H,9H2,1H3. The number of nitrogens with zero attached hydrogens (tertiary/aromatic N) is 2. The van der Waals surface area contributed by atoms with E-state index in [0.29, 0.717) is 22.6 Å². The van der Waals surface area contributed by atoms with Crippen LogP contribution in [0, 0.1) is 15.9 Å². The van der Waals surface area contributed by atoms with Crippen LogP contribution in [0.2, 0.25) is 5.02 Å². The Morgan fingerprint density at radius 3 is 2.63 bits per heavy atom. The van der Waals surface area contributed by atoms with Crippen molar-refractivity contribution < 1.29 is 24.0 Å². The molecule has 0 saturated heterocycles. The number of hydrogen-bond donors (Lipinski definition) is 1. The van der Waals surface area contributed by atoms with Gasteiger partial charge in [-0.15, -0.1) is 0 Å². The summed E-state index contributed by atoms with van der Waals surface area (Å²) in [5.41, 5.74) is 0.738. The van der Waals surface area contributed by atoms with Crippen molar-refractivity contribution in [2.45, 2.75) is 12.8 Å². The number of fused-ring (bicyclic) bond motifs is 1. The molecule has 0 aliphatic carbocycles. The molecule has 0 saturated carbocycles. The van der Waals surface area contributed by atoms with Gasteiger partial charge < -0.3 is 14.7 Å². The molecule has 0 radical (unpaired) electrons. The van der Waals surface area contributed by atoms with Gasteiger partial charge in [0, 0.05) is 17.1 Å². The monoisotopic (exact) mass is 448 g/mol. The molecule has 1 amide bonds. The van der Waals surface area contributed by atoms with E-state index in [9.17, 15) is 24.4 Å². The number of aliphatic hydroxyl groups excluding tert-OH is 1. The van der Waals surface area contributed by atoms with E-state index in [1.54, 1.807) is 24.3 Å². The molecule has 7 nitrogen and oxygen atoms in total. The number of aliphatic hydroxyl groups is 1. The summed E-state index contributed by atoms with van der Waals surface area (Å²) in [6.45, 7) is 0.0246. The molecule has 0 bridgehead atoms. The summed E-state index contributed by atoms with van der Waals surface area (Å²) in [6, 6.07) is 10.4. The summed E-state index contributed by atoms with van der Waals surface area (Å²) < 4.78 is 18.9. The highest BCUT2D eigenvalue weighted by Crippen LogP contribution is 2.51. The Labute approximate surface area is 179 Å². The van der Waals surface area contributed by atoms with E-state index in [0.717, 1.165) is 17.0 Å². The van der Waals surface area contributed by atoms with E-state index in [1.807, 2.05) is 0 Å². The molecule has 1 aromatic heterocycles. The van der Waals surface area contributed by atoms with Gasteiger partial charge in [0.2, 0.25) is 0 Å². The number of rotatable bonds is 5. The smallest absolute Gasteiger partial charge is 0.333 e. The molecule has 2 aromatic carbocycles. The van der Waals surface area contributed by atoms with Gasteiger partial charge in [-0.05, 0) is 35.9 Å². The first-order valence-electron chi connectivity index (χ1n) is 8.70. The van der Waals surface area contributed by atoms with Gasteiger partial charge in [-0.3, -0.25) is 14.9 Å². The summed E-state index contributed by atoms with van der Waals surface area (Å²) in [7, 11) is 1.53. The Hall–Kier alpha value is -3.01. The van der Waals surface area contributed by atoms with E-state index < -0.39 is 22.9 Å². The molecular formula is C20H14ClFN2O5S. The first-order chi connectivity index (χ1) is 14.3. The maximum atomic E-state index is 13.8. The second kappa shape index (κ2) is 7.67. The quantitative estimate of drug-likeness (QED) is 0.448. The average molecular weight is 449 g/mol. The zero-order chi connectivity index (χ0) is 21.6. The van der Waals surface area contributed by atoms with Crippen LogP contribution < -0.4 is 4.74 Å². The van der Waals surface area contributed by atoms with Crippen molar-refractivity contribution in [2.75, 3.05) is 7.11 Å². The van der Waals surface area contributed by atoms with Crippen molar-refractivity contribution in [1.82, 2.24) is 4.90 Å². The minimum atomic E-state index is -1.51. The van der Waals surface area contributed by atoms with E-state index in [-0.39, 0.29) is 38.1 Å².